The Bertz CT molecular complexity index is 334. The molecule has 0 spiro atoms. The first-order valence-corrected chi connectivity index (χ1v) is 4.59. The fourth-order valence-corrected chi connectivity index (χ4v) is 1.60. The minimum Gasteiger partial charge on any atom is -0.397 e. The number of nitrogens with two attached hydrogens (primary N) is 1. The summed E-state index contributed by atoms with van der Waals surface area (Å²) >= 11 is 0. The summed E-state index contributed by atoms with van der Waals surface area (Å²) in [5, 5.41) is 0. The third kappa shape index (κ3) is 2.84. The van der Waals surface area contributed by atoms with Crippen LogP contribution >= 0.6 is 0 Å². The molecular formula is C10H13F3N2. The number of pyridine rings is 1. The fraction of sp³-hybridized carbons (Fsp3) is 0.500. The number of halogens is 3. The van der Waals surface area contributed by atoms with Gasteiger partial charge in [-0.3, -0.25) is 4.98 Å². The summed E-state index contributed by atoms with van der Waals surface area (Å²) in [6.07, 6.45) is -1.71. The molecule has 2 N–H and O–H groups in total. The van der Waals surface area contributed by atoms with Gasteiger partial charge in [0.1, 0.15) is 0 Å². The molecular weight excluding hydrogens is 205 g/mol. The molecule has 1 unspecified atom stereocenters. The SMILES string of the molecule is CC(C)C(c1cncc(N)c1)C(F)(F)F. The molecule has 2 nitrogen and oxygen atoms in total. The van der Waals surface area contributed by atoms with Crippen molar-refractivity contribution in [3.63, 3.8) is 0 Å². The van der Waals surface area contributed by atoms with Crippen LogP contribution in [0.2, 0.25) is 0 Å². The number of nitrogens with zero attached hydrogens (tertiary/aromatic N) is 1. The van der Waals surface area contributed by atoms with E-state index in [1.54, 1.807) is 0 Å². The van der Waals surface area contributed by atoms with Gasteiger partial charge in [-0.1, -0.05) is 13.8 Å². The average Bonchev–Trinajstić information content (AvgIpc) is 1.99. The van der Waals surface area contributed by atoms with Gasteiger partial charge < -0.3 is 5.73 Å². The van der Waals surface area contributed by atoms with E-state index in [9.17, 15) is 13.2 Å². The van der Waals surface area contributed by atoms with E-state index in [4.69, 9.17) is 5.73 Å². The molecule has 1 aromatic heterocycles. The number of aromatic nitrogens is 1. The van der Waals surface area contributed by atoms with Crippen molar-refractivity contribution in [3.05, 3.63) is 24.0 Å². The van der Waals surface area contributed by atoms with Crippen molar-refractivity contribution in [2.24, 2.45) is 5.92 Å². The lowest BCUT2D eigenvalue weighted by molar-refractivity contribution is -0.159. The first-order chi connectivity index (χ1) is 6.82. The van der Waals surface area contributed by atoms with Crippen LogP contribution in [-0.2, 0) is 0 Å². The van der Waals surface area contributed by atoms with Gasteiger partial charge in [0.2, 0.25) is 0 Å². The number of rotatable bonds is 2. The lowest BCUT2D eigenvalue weighted by atomic mass is 9.89. The average molecular weight is 218 g/mol. The number of hydrogen-bond acceptors (Lipinski definition) is 2. The molecule has 0 bridgehead atoms. The quantitative estimate of drug-likeness (QED) is 0.828. The molecule has 0 radical (unpaired) electrons. The summed E-state index contributed by atoms with van der Waals surface area (Å²) in [6.45, 7) is 3.06. The van der Waals surface area contributed by atoms with Gasteiger partial charge in [-0.15, -0.1) is 0 Å². The highest BCUT2D eigenvalue weighted by atomic mass is 19.4. The lowest BCUT2D eigenvalue weighted by Crippen LogP contribution is -2.25. The molecule has 0 fully saturated rings. The Morgan fingerprint density at radius 3 is 2.27 bits per heavy atom. The van der Waals surface area contributed by atoms with E-state index in [0.717, 1.165) is 0 Å². The standard InChI is InChI=1S/C10H13F3N2/c1-6(2)9(10(11,12)13)7-3-8(14)5-15-4-7/h3-6,9H,14H2,1-2H3. The molecule has 1 atom stereocenters. The highest BCUT2D eigenvalue weighted by Gasteiger charge is 2.42. The Labute approximate surface area is 86.3 Å². The van der Waals surface area contributed by atoms with Crippen LogP contribution in [0, 0.1) is 5.92 Å². The Kier molecular flexibility index (Phi) is 3.21. The number of hydrogen-bond donors (Lipinski definition) is 1. The van der Waals surface area contributed by atoms with Crippen LogP contribution in [0.15, 0.2) is 18.5 Å². The molecule has 0 aliphatic heterocycles. The third-order valence-corrected chi connectivity index (χ3v) is 2.16. The molecule has 0 saturated carbocycles. The predicted molar refractivity (Wildman–Crippen MR) is 52.3 cm³/mol. The van der Waals surface area contributed by atoms with Gasteiger partial charge >= 0.3 is 6.18 Å². The van der Waals surface area contributed by atoms with Crippen molar-refractivity contribution in [1.82, 2.24) is 4.98 Å². The maximum atomic E-state index is 12.7. The lowest BCUT2D eigenvalue weighted by Gasteiger charge is -2.23. The minimum absolute atomic E-state index is 0.123. The summed E-state index contributed by atoms with van der Waals surface area (Å²) in [5.74, 6) is -2.04. The van der Waals surface area contributed by atoms with Gasteiger partial charge in [-0.2, -0.15) is 13.2 Å². The second-order valence-electron chi connectivity index (χ2n) is 3.81. The highest BCUT2D eigenvalue weighted by Crippen LogP contribution is 2.40. The first kappa shape index (κ1) is 11.8. The predicted octanol–water partition coefficient (Wildman–Crippen LogP) is 2.97. The van der Waals surface area contributed by atoms with Crippen LogP contribution in [0.3, 0.4) is 0 Å². The van der Waals surface area contributed by atoms with Crippen molar-refractivity contribution in [1.29, 1.82) is 0 Å². The Morgan fingerprint density at radius 2 is 1.87 bits per heavy atom. The summed E-state index contributed by atoms with van der Waals surface area (Å²) in [7, 11) is 0. The van der Waals surface area contributed by atoms with E-state index in [0.29, 0.717) is 0 Å². The summed E-state index contributed by atoms with van der Waals surface area (Å²) in [5.41, 5.74) is 5.78. The Morgan fingerprint density at radius 1 is 1.27 bits per heavy atom. The molecule has 0 aliphatic carbocycles. The Balaban J connectivity index is 3.11. The minimum atomic E-state index is -4.26. The van der Waals surface area contributed by atoms with Gasteiger partial charge in [-0.25, -0.2) is 0 Å². The largest absolute Gasteiger partial charge is 0.397 e. The molecule has 0 saturated heterocycles. The zero-order valence-electron chi connectivity index (χ0n) is 8.55. The third-order valence-electron chi connectivity index (χ3n) is 2.16. The second kappa shape index (κ2) is 4.08. The molecule has 1 heterocycles. The van der Waals surface area contributed by atoms with Crippen molar-refractivity contribution >= 4 is 5.69 Å². The zero-order valence-corrected chi connectivity index (χ0v) is 8.55. The molecule has 15 heavy (non-hydrogen) atoms. The molecule has 5 heteroatoms. The van der Waals surface area contributed by atoms with E-state index in [1.807, 2.05) is 0 Å². The topological polar surface area (TPSA) is 38.9 Å². The van der Waals surface area contributed by atoms with E-state index in [1.165, 1.54) is 32.3 Å². The van der Waals surface area contributed by atoms with Gasteiger partial charge in [-0.05, 0) is 17.5 Å². The molecule has 1 aromatic rings. The molecule has 84 valence electrons. The van der Waals surface area contributed by atoms with Gasteiger partial charge in [0.05, 0.1) is 11.6 Å². The van der Waals surface area contributed by atoms with Crippen LogP contribution < -0.4 is 5.73 Å². The summed E-state index contributed by atoms with van der Waals surface area (Å²) in [6, 6.07) is 1.32. The smallest absolute Gasteiger partial charge is 0.396 e. The summed E-state index contributed by atoms with van der Waals surface area (Å²) in [4.78, 5) is 3.68. The first-order valence-electron chi connectivity index (χ1n) is 4.59. The molecule has 0 aliphatic rings. The fourth-order valence-electron chi connectivity index (χ4n) is 1.60. The van der Waals surface area contributed by atoms with Crippen LogP contribution in [0.25, 0.3) is 0 Å². The normalized spacial score (nSPS) is 14.3. The van der Waals surface area contributed by atoms with Crippen LogP contribution in [0.1, 0.15) is 25.3 Å². The summed E-state index contributed by atoms with van der Waals surface area (Å²) < 4.78 is 38.2. The maximum absolute atomic E-state index is 12.7. The van der Waals surface area contributed by atoms with Crippen molar-refractivity contribution in [2.45, 2.75) is 25.9 Å². The van der Waals surface area contributed by atoms with Crippen LogP contribution in [0.5, 0.6) is 0 Å². The van der Waals surface area contributed by atoms with Gasteiger partial charge in [0, 0.05) is 12.4 Å². The van der Waals surface area contributed by atoms with E-state index >= 15 is 0 Å². The Hall–Kier alpha value is -1.26. The van der Waals surface area contributed by atoms with Crippen LogP contribution in [-0.4, -0.2) is 11.2 Å². The van der Waals surface area contributed by atoms with Gasteiger partial charge in [0.25, 0.3) is 0 Å². The zero-order chi connectivity index (χ0) is 11.6. The monoisotopic (exact) mass is 218 g/mol. The van der Waals surface area contributed by atoms with Crippen molar-refractivity contribution in [3.8, 4) is 0 Å². The van der Waals surface area contributed by atoms with Gasteiger partial charge in [0.15, 0.2) is 0 Å². The number of anilines is 1. The van der Waals surface area contributed by atoms with Crippen LogP contribution in [0.4, 0.5) is 18.9 Å². The maximum Gasteiger partial charge on any atom is 0.396 e. The van der Waals surface area contributed by atoms with E-state index < -0.39 is 18.0 Å². The van der Waals surface area contributed by atoms with Crippen molar-refractivity contribution in [2.75, 3.05) is 5.73 Å². The second-order valence-corrected chi connectivity index (χ2v) is 3.81. The molecule has 0 amide bonds. The van der Waals surface area contributed by atoms with E-state index in [2.05, 4.69) is 4.98 Å². The highest BCUT2D eigenvalue weighted by molar-refractivity contribution is 5.38. The molecule has 0 aromatic carbocycles. The number of alkyl halides is 3. The number of nitrogen functional groups attached to an aromatic ring is 1. The molecule has 1 rings (SSSR count). The van der Waals surface area contributed by atoms with Crippen molar-refractivity contribution < 1.29 is 13.2 Å². The van der Waals surface area contributed by atoms with E-state index in [-0.39, 0.29) is 11.3 Å².